The molecule has 0 saturated heterocycles. The molecule has 4 heteroatoms. The van der Waals surface area contributed by atoms with Crippen LogP contribution in [0.3, 0.4) is 0 Å². The molecule has 4 nitrogen and oxygen atoms in total. The molecule has 1 aromatic carbocycles. The number of hydrogen-bond acceptors (Lipinski definition) is 3. The third kappa shape index (κ3) is 4.62. The van der Waals surface area contributed by atoms with Gasteiger partial charge in [-0.25, -0.2) is 0 Å². The molecule has 1 heterocycles. The highest BCUT2D eigenvalue weighted by Crippen LogP contribution is 2.23. The highest BCUT2D eigenvalue weighted by Gasteiger charge is 2.08. The molecule has 20 heavy (non-hydrogen) atoms. The Bertz CT molecular complexity index is 586. The smallest absolute Gasteiger partial charge is 0.300 e. The van der Waals surface area contributed by atoms with E-state index < -0.39 is 5.97 Å². The zero-order chi connectivity index (χ0) is 15.1. The highest BCUT2D eigenvalue weighted by atomic mass is 16.4. The minimum atomic E-state index is -0.833. The van der Waals surface area contributed by atoms with E-state index in [0.717, 1.165) is 19.0 Å². The maximum atomic E-state index is 9.00. The lowest BCUT2D eigenvalue weighted by molar-refractivity contribution is -0.134. The molecule has 2 rings (SSSR count). The molecular formula is C16H18N2O2. The minimum Gasteiger partial charge on any atom is -0.481 e. The number of carbonyl (C=O) groups is 1. The largest absolute Gasteiger partial charge is 0.481 e. The zero-order valence-electron chi connectivity index (χ0n) is 11.9. The van der Waals surface area contributed by atoms with Gasteiger partial charge in [0.2, 0.25) is 0 Å². The Labute approximate surface area is 119 Å². The number of rotatable bonds is 1. The lowest BCUT2D eigenvalue weighted by Gasteiger charge is -2.18. The third-order valence-corrected chi connectivity index (χ3v) is 2.75. The first-order valence-corrected chi connectivity index (χ1v) is 6.26. The third-order valence-electron chi connectivity index (χ3n) is 2.75. The number of aliphatic carboxylic acids is 1. The maximum Gasteiger partial charge on any atom is 0.300 e. The number of nitriles is 1. The van der Waals surface area contributed by atoms with Crippen LogP contribution in [0, 0.1) is 11.3 Å². The lowest BCUT2D eigenvalue weighted by atomic mass is 9.98. The van der Waals surface area contributed by atoms with Gasteiger partial charge >= 0.3 is 0 Å². The Hall–Kier alpha value is -2.54. The first-order valence-electron chi connectivity index (χ1n) is 6.26. The van der Waals surface area contributed by atoms with Gasteiger partial charge in [-0.1, -0.05) is 23.8 Å². The predicted molar refractivity (Wildman–Crippen MR) is 78.8 cm³/mol. The number of nitrogens with one attached hydrogen (secondary N) is 1. The lowest BCUT2D eigenvalue weighted by Crippen LogP contribution is -2.18. The molecule has 0 unspecified atom stereocenters. The van der Waals surface area contributed by atoms with E-state index in [2.05, 4.69) is 31.3 Å². The molecule has 0 radical (unpaired) electrons. The number of benzene rings is 1. The Morgan fingerprint density at radius 2 is 1.85 bits per heavy atom. The molecule has 0 spiro atoms. The van der Waals surface area contributed by atoms with Crippen LogP contribution in [0.25, 0.3) is 5.57 Å². The number of allylic oxidation sites excluding steroid dienone is 3. The Balaban J connectivity index is 0.000000444. The van der Waals surface area contributed by atoms with Crippen LogP contribution in [0.15, 0.2) is 41.6 Å². The second-order valence-electron chi connectivity index (χ2n) is 4.59. The van der Waals surface area contributed by atoms with Gasteiger partial charge in [-0.2, -0.15) is 5.26 Å². The van der Waals surface area contributed by atoms with Crippen molar-refractivity contribution in [2.45, 2.75) is 20.8 Å². The van der Waals surface area contributed by atoms with E-state index >= 15 is 0 Å². The normalized spacial score (nSPS) is 13.4. The quantitative estimate of drug-likeness (QED) is 0.823. The van der Waals surface area contributed by atoms with Crippen molar-refractivity contribution in [2.75, 3.05) is 6.54 Å². The van der Waals surface area contributed by atoms with Crippen molar-refractivity contribution < 1.29 is 9.90 Å². The first kappa shape index (κ1) is 15.5. The van der Waals surface area contributed by atoms with Gasteiger partial charge in [0.1, 0.15) is 0 Å². The fourth-order valence-electron chi connectivity index (χ4n) is 1.80. The van der Waals surface area contributed by atoms with Gasteiger partial charge in [-0.3, -0.25) is 4.79 Å². The van der Waals surface area contributed by atoms with Gasteiger partial charge in [0.15, 0.2) is 0 Å². The molecule has 1 aliphatic heterocycles. The molecule has 0 aliphatic carbocycles. The summed E-state index contributed by atoms with van der Waals surface area (Å²) in [4.78, 5) is 9.00. The van der Waals surface area contributed by atoms with Gasteiger partial charge in [-0.05, 0) is 31.5 Å². The molecule has 104 valence electrons. The highest BCUT2D eigenvalue weighted by molar-refractivity contribution is 5.78. The number of carboxylic acid groups (broad SMARTS) is 1. The monoisotopic (exact) mass is 270 g/mol. The van der Waals surface area contributed by atoms with E-state index in [-0.39, 0.29) is 0 Å². The van der Waals surface area contributed by atoms with Crippen LogP contribution >= 0.6 is 0 Å². The molecule has 0 saturated carbocycles. The topological polar surface area (TPSA) is 73.1 Å². The van der Waals surface area contributed by atoms with Crippen molar-refractivity contribution in [1.82, 2.24) is 5.32 Å². The van der Waals surface area contributed by atoms with Crippen LogP contribution in [0.4, 0.5) is 0 Å². The van der Waals surface area contributed by atoms with Crippen LogP contribution in [-0.2, 0) is 4.79 Å². The summed E-state index contributed by atoms with van der Waals surface area (Å²) in [5.74, 6) is -0.833. The molecule has 1 aliphatic rings. The second kappa shape index (κ2) is 7.15. The molecule has 1 aromatic rings. The van der Waals surface area contributed by atoms with Crippen molar-refractivity contribution in [1.29, 1.82) is 5.26 Å². The Kier molecular flexibility index (Phi) is 5.55. The van der Waals surface area contributed by atoms with Crippen molar-refractivity contribution in [3.05, 3.63) is 52.7 Å². The Morgan fingerprint density at radius 1 is 1.30 bits per heavy atom. The Morgan fingerprint density at radius 3 is 2.35 bits per heavy atom. The first-order chi connectivity index (χ1) is 9.43. The van der Waals surface area contributed by atoms with Gasteiger partial charge in [0.25, 0.3) is 5.97 Å². The molecular weight excluding hydrogens is 252 g/mol. The summed E-state index contributed by atoms with van der Waals surface area (Å²) in [6.07, 6.45) is 2.20. The fourth-order valence-corrected chi connectivity index (χ4v) is 1.80. The summed E-state index contributed by atoms with van der Waals surface area (Å²) in [5.41, 5.74) is 5.59. The van der Waals surface area contributed by atoms with Crippen molar-refractivity contribution in [3.8, 4) is 6.07 Å². The minimum absolute atomic E-state index is 0.700. The van der Waals surface area contributed by atoms with E-state index in [1.54, 1.807) is 0 Å². The van der Waals surface area contributed by atoms with Crippen molar-refractivity contribution in [3.63, 3.8) is 0 Å². The summed E-state index contributed by atoms with van der Waals surface area (Å²) in [7, 11) is 0. The number of dihydropyridines is 1. The molecule has 0 amide bonds. The van der Waals surface area contributed by atoms with Crippen molar-refractivity contribution >= 4 is 11.5 Å². The van der Waals surface area contributed by atoms with E-state index in [9.17, 15) is 0 Å². The molecule has 0 aromatic heterocycles. The van der Waals surface area contributed by atoms with Crippen LogP contribution in [-0.4, -0.2) is 17.6 Å². The molecule has 0 atom stereocenters. The van der Waals surface area contributed by atoms with E-state index in [0.29, 0.717) is 5.56 Å². The van der Waals surface area contributed by atoms with Crippen molar-refractivity contribution in [2.24, 2.45) is 0 Å². The fraction of sp³-hybridized carbons (Fsp3) is 0.250. The average molecular weight is 270 g/mol. The zero-order valence-corrected chi connectivity index (χ0v) is 11.9. The summed E-state index contributed by atoms with van der Waals surface area (Å²) >= 11 is 0. The van der Waals surface area contributed by atoms with E-state index in [1.165, 1.54) is 16.8 Å². The molecule has 2 N–H and O–H groups in total. The summed E-state index contributed by atoms with van der Waals surface area (Å²) in [6.45, 7) is 6.20. The number of carboxylic acids is 1. The van der Waals surface area contributed by atoms with Crippen LogP contribution < -0.4 is 5.32 Å². The van der Waals surface area contributed by atoms with E-state index in [1.807, 2.05) is 24.3 Å². The van der Waals surface area contributed by atoms with Crippen LogP contribution in [0.1, 0.15) is 31.9 Å². The summed E-state index contributed by atoms with van der Waals surface area (Å²) in [6, 6.07) is 9.83. The molecule has 0 bridgehead atoms. The standard InChI is InChI=1S/C14H14N2.C2H4O2/c1-10-7-14(11(2)16-9-10)13-5-3-12(8-15)4-6-13;1-2(3)4/h3-7,16H,9H2,1-2H3;1H3,(H,3,4). The van der Waals surface area contributed by atoms with Gasteiger partial charge < -0.3 is 10.4 Å². The van der Waals surface area contributed by atoms with E-state index in [4.69, 9.17) is 15.2 Å². The number of nitrogens with zero attached hydrogens (tertiary/aromatic N) is 1. The van der Waals surface area contributed by atoms with Gasteiger partial charge in [0.05, 0.1) is 11.6 Å². The summed E-state index contributed by atoms with van der Waals surface area (Å²) < 4.78 is 0. The van der Waals surface area contributed by atoms with Crippen LogP contribution in [0.2, 0.25) is 0 Å². The van der Waals surface area contributed by atoms with Crippen LogP contribution in [0.5, 0.6) is 0 Å². The predicted octanol–water partition coefficient (Wildman–Crippen LogP) is 2.93. The molecule has 0 fully saturated rings. The van der Waals surface area contributed by atoms with Gasteiger partial charge in [-0.15, -0.1) is 0 Å². The summed E-state index contributed by atoms with van der Waals surface area (Å²) in [5, 5.41) is 19.5. The average Bonchev–Trinajstić information content (AvgIpc) is 2.41. The second-order valence-corrected chi connectivity index (χ2v) is 4.59. The van der Waals surface area contributed by atoms with Gasteiger partial charge in [0, 0.05) is 24.7 Å². The number of hydrogen-bond donors (Lipinski definition) is 2. The maximum absolute atomic E-state index is 9.00. The SMILES string of the molecule is CC(=O)O.CC1=CC(c2ccc(C#N)cc2)=C(C)NC1.